The van der Waals surface area contributed by atoms with E-state index in [0.717, 1.165) is 5.52 Å². The Morgan fingerprint density at radius 3 is 3.00 bits per heavy atom. The van der Waals surface area contributed by atoms with Gasteiger partial charge in [-0.1, -0.05) is 6.07 Å². The summed E-state index contributed by atoms with van der Waals surface area (Å²) in [5.74, 6) is -0.147. The summed E-state index contributed by atoms with van der Waals surface area (Å²) in [5, 5.41) is 11.0. The number of nitrogen functional groups attached to an aromatic ring is 1. The monoisotopic (exact) mass is 270 g/mol. The lowest BCUT2D eigenvalue weighted by Gasteiger charge is -2.04. The van der Waals surface area contributed by atoms with Gasteiger partial charge in [0.05, 0.1) is 35.7 Å². The number of hydrogen-bond donors (Lipinski definition) is 2. The number of anilines is 1. The molecule has 0 aliphatic carbocycles. The van der Waals surface area contributed by atoms with Gasteiger partial charge in [0.2, 0.25) is 0 Å². The molecule has 0 bridgehead atoms. The predicted molar refractivity (Wildman–Crippen MR) is 74.2 cm³/mol. The van der Waals surface area contributed by atoms with E-state index in [0.29, 0.717) is 24.3 Å². The van der Waals surface area contributed by atoms with Crippen molar-refractivity contribution in [3.05, 3.63) is 48.5 Å². The zero-order chi connectivity index (χ0) is 13.9. The van der Waals surface area contributed by atoms with E-state index < -0.39 is 0 Å². The average Bonchev–Trinajstić information content (AvgIpc) is 3.05. The molecule has 102 valence electrons. The maximum atomic E-state index is 12.1. The third kappa shape index (κ3) is 2.33. The molecule has 20 heavy (non-hydrogen) atoms. The van der Waals surface area contributed by atoms with Crippen molar-refractivity contribution in [2.75, 3.05) is 12.3 Å². The van der Waals surface area contributed by atoms with Crippen molar-refractivity contribution in [2.24, 2.45) is 0 Å². The third-order valence-corrected chi connectivity index (χ3v) is 2.95. The van der Waals surface area contributed by atoms with Crippen LogP contribution in [0.1, 0.15) is 10.4 Å². The van der Waals surface area contributed by atoms with Crippen molar-refractivity contribution in [1.29, 1.82) is 0 Å². The number of rotatable bonds is 4. The van der Waals surface area contributed by atoms with Gasteiger partial charge in [0.1, 0.15) is 0 Å². The number of carbonyl (C=O) groups excluding carboxylic acids is 1. The summed E-state index contributed by atoms with van der Waals surface area (Å²) in [7, 11) is 0. The van der Waals surface area contributed by atoms with E-state index in [1.54, 1.807) is 34.0 Å². The lowest BCUT2D eigenvalue weighted by atomic mass is 10.2. The van der Waals surface area contributed by atoms with E-state index in [1.807, 2.05) is 18.2 Å². The van der Waals surface area contributed by atoms with Crippen LogP contribution in [0, 0.1) is 0 Å². The van der Waals surface area contributed by atoms with E-state index in [-0.39, 0.29) is 5.91 Å². The molecule has 3 heterocycles. The highest BCUT2D eigenvalue weighted by atomic mass is 16.1. The summed E-state index contributed by atoms with van der Waals surface area (Å²) < 4.78 is 3.36. The van der Waals surface area contributed by atoms with Crippen LogP contribution in [-0.4, -0.2) is 31.8 Å². The lowest BCUT2D eigenvalue weighted by Crippen LogP contribution is -2.27. The van der Waals surface area contributed by atoms with Crippen LogP contribution >= 0.6 is 0 Å². The molecular formula is C13H14N6O. The molecule has 0 spiro atoms. The predicted octanol–water partition coefficient (Wildman–Crippen LogP) is 0.543. The second-order valence-corrected chi connectivity index (χ2v) is 4.38. The largest absolute Gasteiger partial charge is 0.396 e. The molecule has 0 radical (unpaired) electrons. The second kappa shape index (κ2) is 5.04. The number of aromatic nitrogens is 4. The molecule has 0 saturated heterocycles. The van der Waals surface area contributed by atoms with E-state index >= 15 is 0 Å². The van der Waals surface area contributed by atoms with Gasteiger partial charge in [-0.25, -0.2) is 4.52 Å². The fraction of sp³-hybridized carbons (Fsp3) is 0.154. The minimum atomic E-state index is -0.147. The van der Waals surface area contributed by atoms with E-state index in [1.165, 1.54) is 0 Å². The number of nitrogens with two attached hydrogens (primary N) is 1. The standard InChI is InChI=1S/C13H14N6O/c14-10-7-16-18(9-10)6-4-15-13(20)11-8-17-19-5-2-1-3-12(11)19/h1-3,5,7-9H,4,6,14H2,(H,15,20). The maximum absolute atomic E-state index is 12.1. The van der Waals surface area contributed by atoms with Gasteiger partial charge in [-0.3, -0.25) is 9.48 Å². The molecule has 3 rings (SSSR count). The summed E-state index contributed by atoms with van der Waals surface area (Å²) >= 11 is 0. The Kier molecular flexibility index (Phi) is 3.08. The second-order valence-electron chi connectivity index (χ2n) is 4.38. The van der Waals surface area contributed by atoms with Gasteiger partial charge in [-0.15, -0.1) is 0 Å². The number of pyridine rings is 1. The first-order valence-corrected chi connectivity index (χ1v) is 6.22. The fourth-order valence-corrected chi connectivity index (χ4v) is 1.99. The average molecular weight is 270 g/mol. The smallest absolute Gasteiger partial charge is 0.255 e. The Hall–Kier alpha value is -2.83. The molecule has 3 N–H and O–H groups in total. The molecule has 0 aliphatic rings. The molecule has 0 saturated carbocycles. The molecule has 1 amide bonds. The van der Waals surface area contributed by atoms with Gasteiger partial charge in [0.15, 0.2) is 0 Å². The molecule has 0 aromatic carbocycles. The first kappa shape index (κ1) is 12.2. The molecular weight excluding hydrogens is 256 g/mol. The van der Waals surface area contributed by atoms with Crippen LogP contribution in [0.5, 0.6) is 0 Å². The van der Waals surface area contributed by atoms with Crippen LogP contribution in [0.25, 0.3) is 5.52 Å². The molecule has 3 aromatic rings. The molecule has 0 unspecified atom stereocenters. The highest BCUT2D eigenvalue weighted by Gasteiger charge is 2.11. The number of carbonyl (C=O) groups is 1. The van der Waals surface area contributed by atoms with E-state index in [9.17, 15) is 4.79 Å². The number of nitrogens with one attached hydrogen (secondary N) is 1. The van der Waals surface area contributed by atoms with E-state index in [4.69, 9.17) is 5.73 Å². The Morgan fingerprint density at radius 2 is 2.20 bits per heavy atom. The Morgan fingerprint density at radius 1 is 1.30 bits per heavy atom. The molecule has 0 fully saturated rings. The topological polar surface area (TPSA) is 90.2 Å². The van der Waals surface area contributed by atoms with Crippen molar-refractivity contribution >= 4 is 17.1 Å². The normalized spacial score (nSPS) is 10.8. The molecule has 0 aliphatic heterocycles. The van der Waals surface area contributed by atoms with Gasteiger partial charge in [0.25, 0.3) is 5.91 Å². The number of hydrogen-bond acceptors (Lipinski definition) is 4. The fourth-order valence-electron chi connectivity index (χ4n) is 1.99. The van der Waals surface area contributed by atoms with Crippen LogP contribution in [0.2, 0.25) is 0 Å². The van der Waals surface area contributed by atoms with E-state index in [2.05, 4.69) is 15.5 Å². The highest BCUT2D eigenvalue weighted by molar-refractivity contribution is 6.00. The van der Waals surface area contributed by atoms with Crippen LogP contribution in [0.3, 0.4) is 0 Å². The van der Waals surface area contributed by atoms with Crippen molar-refractivity contribution in [3.8, 4) is 0 Å². The minimum absolute atomic E-state index is 0.147. The van der Waals surface area contributed by atoms with Crippen LogP contribution in [-0.2, 0) is 6.54 Å². The SMILES string of the molecule is Nc1cnn(CCNC(=O)c2cnn3ccccc23)c1. The lowest BCUT2D eigenvalue weighted by molar-refractivity contribution is 0.0953. The Bertz CT molecular complexity index is 744. The van der Waals surface area contributed by atoms with Gasteiger partial charge >= 0.3 is 0 Å². The zero-order valence-electron chi connectivity index (χ0n) is 10.7. The van der Waals surface area contributed by atoms with Gasteiger partial charge < -0.3 is 11.1 Å². The molecule has 3 aromatic heterocycles. The summed E-state index contributed by atoms with van der Waals surface area (Å²) in [5.41, 5.74) is 7.52. The van der Waals surface area contributed by atoms with Crippen LogP contribution < -0.4 is 11.1 Å². The van der Waals surface area contributed by atoms with Crippen LogP contribution in [0.4, 0.5) is 5.69 Å². The van der Waals surface area contributed by atoms with Crippen LogP contribution in [0.15, 0.2) is 43.0 Å². The Balaban J connectivity index is 1.64. The van der Waals surface area contributed by atoms with Crippen molar-refractivity contribution in [1.82, 2.24) is 24.7 Å². The Labute approximate surface area is 115 Å². The summed E-state index contributed by atoms with van der Waals surface area (Å²) in [6.45, 7) is 1.05. The van der Waals surface area contributed by atoms with Crippen molar-refractivity contribution in [2.45, 2.75) is 6.54 Å². The summed E-state index contributed by atoms with van der Waals surface area (Å²) in [4.78, 5) is 12.1. The molecule has 0 atom stereocenters. The molecule has 7 nitrogen and oxygen atoms in total. The van der Waals surface area contributed by atoms with Gasteiger partial charge in [-0.2, -0.15) is 10.2 Å². The third-order valence-electron chi connectivity index (χ3n) is 2.95. The molecule has 7 heteroatoms. The summed E-state index contributed by atoms with van der Waals surface area (Å²) in [6, 6.07) is 5.60. The number of amides is 1. The maximum Gasteiger partial charge on any atom is 0.255 e. The highest BCUT2D eigenvalue weighted by Crippen LogP contribution is 2.09. The number of nitrogens with zero attached hydrogens (tertiary/aromatic N) is 4. The van der Waals surface area contributed by atoms with Gasteiger partial charge in [-0.05, 0) is 12.1 Å². The van der Waals surface area contributed by atoms with Crippen molar-refractivity contribution < 1.29 is 4.79 Å². The first-order chi connectivity index (χ1) is 9.74. The van der Waals surface area contributed by atoms with Gasteiger partial charge in [0, 0.05) is 18.9 Å². The number of fused-ring (bicyclic) bond motifs is 1. The quantitative estimate of drug-likeness (QED) is 0.724. The minimum Gasteiger partial charge on any atom is -0.396 e. The van der Waals surface area contributed by atoms with Crippen molar-refractivity contribution in [3.63, 3.8) is 0 Å². The first-order valence-electron chi connectivity index (χ1n) is 6.22. The zero-order valence-corrected chi connectivity index (χ0v) is 10.7. The summed E-state index contributed by atoms with van der Waals surface area (Å²) in [6.07, 6.45) is 6.67.